The second-order valence-corrected chi connectivity index (χ2v) is 11.6. The number of rotatable bonds is 6. The lowest BCUT2D eigenvalue weighted by Crippen LogP contribution is -2.48. The molecule has 0 aliphatic carbocycles. The van der Waals surface area contributed by atoms with Gasteiger partial charge in [0.25, 0.3) is 0 Å². The van der Waals surface area contributed by atoms with Gasteiger partial charge in [-0.2, -0.15) is 4.31 Å². The molecule has 2 aliphatic rings. The second kappa shape index (κ2) is 8.80. The van der Waals surface area contributed by atoms with Crippen molar-refractivity contribution >= 4 is 31.7 Å². The Morgan fingerprint density at radius 1 is 1.14 bits per heavy atom. The quantitative estimate of drug-likeness (QED) is 0.610. The Hall–Kier alpha value is -1.98. The van der Waals surface area contributed by atoms with Crippen LogP contribution in [0.1, 0.15) is 19.3 Å². The van der Waals surface area contributed by atoms with Crippen molar-refractivity contribution in [3.05, 3.63) is 30.3 Å². The molecule has 9 nitrogen and oxygen atoms in total. The highest BCUT2D eigenvalue weighted by molar-refractivity contribution is 7.91. The van der Waals surface area contributed by atoms with Gasteiger partial charge in [-0.05, 0) is 31.4 Å². The van der Waals surface area contributed by atoms with E-state index < -0.39 is 37.7 Å². The van der Waals surface area contributed by atoms with Crippen molar-refractivity contribution in [3.8, 4) is 0 Å². The number of amides is 2. The summed E-state index contributed by atoms with van der Waals surface area (Å²) in [7, 11) is -6.77. The van der Waals surface area contributed by atoms with Gasteiger partial charge in [-0.3, -0.25) is 9.59 Å². The first kappa shape index (κ1) is 21.7. The normalized spacial score (nSPS) is 24.7. The SMILES string of the molecule is O=C(CNC(=O)C1CCCN(S(=O)(=O)c2ccccc2)C1)NC1CCS(=O)(=O)C1. The van der Waals surface area contributed by atoms with Gasteiger partial charge in [-0.25, -0.2) is 16.8 Å². The molecule has 160 valence electrons. The molecule has 2 atom stereocenters. The Morgan fingerprint density at radius 2 is 1.86 bits per heavy atom. The summed E-state index contributed by atoms with van der Waals surface area (Å²) in [6.07, 6.45) is 1.46. The monoisotopic (exact) mass is 443 g/mol. The Kier molecular flexibility index (Phi) is 6.59. The standard InChI is InChI=1S/C18H25N3O6S2/c22-17(20-15-8-10-28(24,25)13-15)11-19-18(23)14-5-4-9-21(12-14)29(26,27)16-6-2-1-3-7-16/h1-3,6-7,14-15H,4-5,8-13H2,(H,19,23)(H,20,22). The maximum absolute atomic E-state index is 12.7. The molecule has 3 rings (SSSR count). The number of benzene rings is 1. The molecule has 2 unspecified atom stereocenters. The number of carbonyl (C=O) groups excluding carboxylic acids is 2. The highest BCUT2D eigenvalue weighted by atomic mass is 32.2. The van der Waals surface area contributed by atoms with Crippen LogP contribution in [0.25, 0.3) is 0 Å². The van der Waals surface area contributed by atoms with E-state index in [2.05, 4.69) is 10.6 Å². The summed E-state index contributed by atoms with van der Waals surface area (Å²) in [6.45, 7) is 0.139. The van der Waals surface area contributed by atoms with E-state index in [1.807, 2.05) is 0 Å². The third kappa shape index (κ3) is 5.55. The summed E-state index contributed by atoms with van der Waals surface area (Å²) in [5, 5.41) is 5.14. The third-order valence-electron chi connectivity index (χ3n) is 5.16. The minimum Gasteiger partial charge on any atom is -0.351 e. The van der Waals surface area contributed by atoms with E-state index >= 15 is 0 Å². The van der Waals surface area contributed by atoms with Gasteiger partial charge in [0.1, 0.15) is 0 Å². The molecular formula is C18H25N3O6S2. The van der Waals surface area contributed by atoms with Crippen molar-refractivity contribution in [2.24, 2.45) is 5.92 Å². The van der Waals surface area contributed by atoms with E-state index in [-0.39, 0.29) is 35.4 Å². The molecule has 1 aromatic carbocycles. The van der Waals surface area contributed by atoms with Crippen LogP contribution in [0.5, 0.6) is 0 Å². The van der Waals surface area contributed by atoms with Crippen LogP contribution in [0.4, 0.5) is 0 Å². The average molecular weight is 444 g/mol. The predicted octanol–water partition coefficient (Wildman–Crippen LogP) is -0.493. The zero-order valence-corrected chi connectivity index (χ0v) is 17.5. The van der Waals surface area contributed by atoms with Gasteiger partial charge in [0.15, 0.2) is 9.84 Å². The molecular weight excluding hydrogens is 418 g/mol. The molecule has 2 heterocycles. The number of nitrogens with one attached hydrogen (secondary N) is 2. The van der Waals surface area contributed by atoms with Crippen molar-refractivity contribution in [2.75, 3.05) is 31.1 Å². The van der Waals surface area contributed by atoms with Gasteiger partial charge in [0.05, 0.1) is 28.9 Å². The van der Waals surface area contributed by atoms with E-state index in [9.17, 15) is 26.4 Å². The zero-order chi connectivity index (χ0) is 21.1. The maximum Gasteiger partial charge on any atom is 0.243 e. The molecule has 0 aromatic heterocycles. The van der Waals surface area contributed by atoms with Crippen LogP contribution in [-0.4, -0.2) is 70.1 Å². The van der Waals surface area contributed by atoms with Crippen LogP contribution in [0.15, 0.2) is 35.2 Å². The number of sulfone groups is 1. The van der Waals surface area contributed by atoms with Crippen LogP contribution in [0, 0.1) is 5.92 Å². The smallest absolute Gasteiger partial charge is 0.243 e. The first-order valence-corrected chi connectivity index (χ1v) is 12.8. The third-order valence-corrected chi connectivity index (χ3v) is 8.80. The molecule has 29 heavy (non-hydrogen) atoms. The molecule has 11 heteroatoms. The molecule has 2 fully saturated rings. The van der Waals surface area contributed by atoms with Crippen LogP contribution in [0.3, 0.4) is 0 Å². The number of carbonyl (C=O) groups is 2. The Balaban J connectivity index is 1.51. The molecule has 1 aromatic rings. The van der Waals surface area contributed by atoms with E-state index in [1.165, 1.54) is 16.4 Å². The van der Waals surface area contributed by atoms with E-state index in [4.69, 9.17) is 0 Å². The Bertz CT molecular complexity index is 963. The minimum atomic E-state index is -3.67. The maximum atomic E-state index is 12.7. The topological polar surface area (TPSA) is 130 Å². The summed E-state index contributed by atoms with van der Waals surface area (Å²) in [6, 6.07) is 7.65. The number of hydrogen-bond donors (Lipinski definition) is 2. The summed E-state index contributed by atoms with van der Waals surface area (Å²) < 4.78 is 49.7. The van der Waals surface area contributed by atoms with Crippen molar-refractivity contribution in [2.45, 2.75) is 30.2 Å². The zero-order valence-electron chi connectivity index (χ0n) is 15.9. The first-order chi connectivity index (χ1) is 13.7. The first-order valence-electron chi connectivity index (χ1n) is 9.50. The number of piperidine rings is 1. The van der Waals surface area contributed by atoms with Crippen molar-refractivity contribution < 1.29 is 26.4 Å². The molecule has 2 saturated heterocycles. The van der Waals surface area contributed by atoms with Gasteiger partial charge < -0.3 is 10.6 Å². The van der Waals surface area contributed by atoms with Crippen LogP contribution in [0.2, 0.25) is 0 Å². The van der Waals surface area contributed by atoms with Crippen LogP contribution in [-0.2, 0) is 29.4 Å². The predicted molar refractivity (Wildman–Crippen MR) is 106 cm³/mol. The lowest BCUT2D eigenvalue weighted by atomic mass is 9.99. The van der Waals surface area contributed by atoms with E-state index in [0.29, 0.717) is 25.8 Å². The summed E-state index contributed by atoms with van der Waals surface area (Å²) >= 11 is 0. The van der Waals surface area contributed by atoms with Crippen LogP contribution >= 0.6 is 0 Å². The lowest BCUT2D eigenvalue weighted by Gasteiger charge is -2.31. The molecule has 0 bridgehead atoms. The van der Waals surface area contributed by atoms with Gasteiger partial charge in [0, 0.05) is 19.1 Å². The Labute approximate surface area is 170 Å². The van der Waals surface area contributed by atoms with Gasteiger partial charge in [-0.1, -0.05) is 18.2 Å². The summed E-state index contributed by atoms with van der Waals surface area (Å²) in [4.78, 5) is 24.6. The van der Waals surface area contributed by atoms with E-state index in [0.717, 1.165) is 0 Å². The number of hydrogen-bond acceptors (Lipinski definition) is 6. The van der Waals surface area contributed by atoms with Crippen molar-refractivity contribution in [1.82, 2.24) is 14.9 Å². The highest BCUT2D eigenvalue weighted by Crippen LogP contribution is 2.23. The molecule has 2 aliphatic heterocycles. The summed E-state index contributed by atoms with van der Waals surface area (Å²) in [5.74, 6) is -1.40. The van der Waals surface area contributed by atoms with Crippen molar-refractivity contribution in [1.29, 1.82) is 0 Å². The molecule has 2 amide bonds. The van der Waals surface area contributed by atoms with Gasteiger partial charge in [0.2, 0.25) is 21.8 Å². The van der Waals surface area contributed by atoms with Gasteiger partial charge in [-0.15, -0.1) is 0 Å². The molecule has 0 saturated carbocycles. The van der Waals surface area contributed by atoms with Crippen LogP contribution < -0.4 is 10.6 Å². The Morgan fingerprint density at radius 3 is 2.52 bits per heavy atom. The minimum absolute atomic E-state index is 0.0537. The fourth-order valence-electron chi connectivity index (χ4n) is 3.62. The summed E-state index contributed by atoms with van der Waals surface area (Å²) in [5.41, 5.74) is 0. The van der Waals surface area contributed by atoms with E-state index in [1.54, 1.807) is 18.2 Å². The molecule has 2 N–H and O–H groups in total. The number of sulfonamides is 1. The van der Waals surface area contributed by atoms with Gasteiger partial charge >= 0.3 is 0 Å². The molecule has 0 radical (unpaired) electrons. The fourth-order valence-corrected chi connectivity index (χ4v) is 6.83. The highest BCUT2D eigenvalue weighted by Gasteiger charge is 2.33. The average Bonchev–Trinajstić information content (AvgIpc) is 3.05. The lowest BCUT2D eigenvalue weighted by molar-refractivity contribution is -0.129. The second-order valence-electron chi connectivity index (χ2n) is 7.40. The van der Waals surface area contributed by atoms with Crippen molar-refractivity contribution in [3.63, 3.8) is 0 Å². The largest absolute Gasteiger partial charge is 0.351 e. The number of nitrogens with zero attached hydrogens (tertiary/aromatic N) is 1. The molecule has 0 spiro atoms. The fraction of sp³-hybridized carbons (Fsp3) is 0.556.